The largest absolute Gasteiger partial charge is 0.464 e. The average molecular weight is 216 g/mol. The van der Waals surface area contributed by atoms with Crippen LogP contribution >= 0.6 is 0 Å². The minimum atomic E-state index is -0.469. The molecule has 0 spiro atoms. The van der Waals surface area contributed by atoms with E-state index >= 15 is 0 Å². The second-order valence-corrected chi connectivity index (χ2v) is 4.58. The molecule has 0 rings (SSSR count). The Hall–Kier alpha value is -0.610. The molecule has 0 radical (unpaired) electrons. The van der Waals surface area contributed by atoms with Crippen LogP contribution in [0.3, 0.4) is 0 Å². The zero-order valence-corrected chi connectivity index (χ0v) is 10.3. The molecule has 0 aliphatic carbocycles. The van der Waals surface area contributed by atoms with Gasteiger partial charge in [-0.05, 0) is 39.4 Å². The van der Waals surface area contributed by atoms with Gasteiger partial charge in [0.15, 0.2) is 0 Å². The number of esters is 1. The Morgan fingerprint density at radius 1 is 1.40 bits per heavy atom. The van der Waals surface area contributed by atoms with Crippen molar-refractivity contribution >= 4 is 5.97 Å². The number of rotatable bonds is 7. The molecule has 0 aromatic carbocycles. The van der Waals surface area contributed by atoms with Gasteiger partial charge in [-0.2, -0.15) is 0 Å². The second kappa shape index (κ2) is 7.65. The third-order valence-electron chi connectivity index (χ3n) is 1.98. The van der Waals surface area contributed by atoms with Crippen molar-refractivity contribution in [2.45, 2.75) is 32.7 Å². The SMILES string of the molecule is CC(C)COC(=O)C(N)CCCN(C)C. The van der Waals surface area contributed by atoms with E-state index < -0.39 is 6.04 Å². The average Bonchev–Trinajstić information content (AvgIpc) is 2.13. The summed E-state index contributed by atoms with van der Waals surface area (Å²) in [5.41, 5.74) is 5.70. The maximum Gasteiger partial charge on any atom is 0.322 e. The van der Waals surface area contributed by atoms with Gasteiger partial charge in [-0.1, -0.05) is 13.8 Å². The highest BCUT2D eigenvalue weighted by molar-refractivity contribution is 5.75. The van der Waals surface area contributed by atoms with Crippen LogP contribution in [-0.2, 0) is 9.53 Å². The molecule has 2 N–H and O–H groups in total. The van der Waals surface area contributed by atoms with Crippen molar-refractivity contribution in [3.8, 4) is 0 Å². The van der Waals surface area contributed by atoms with Crippen molar-refractivity contribution in [1.82, 2.24) is 4.90 Å². The van der Waals surface area contributed by atoms with Crippen molar-refractivity contribution in [2.75, 3.05) is 27.2 Å². The fourth-order valence-electron chi connectivity index (χ4n) is 1.10. The van der Waals surface area contributed by atoms with Gasteiger partial charge in [-0.3, -0.25) is 4.79 Å². The lowest BCUT2D eigenvalue weighted by molar-refractivity contribution is -0.146. The molecule has 0 aromatic heterocycles. The lowest BCUT2D eigenvalue weighted by Crippen LogP contribution is -2.33. The predicted molar refractivity (Wildman–Crippen MR) is 61.6 cm³/mol. The molecule has 0 amide bonds. The minimum Gasteiger partial charge on any atom is -0.464 e. The highest BCUT2D eigenvalue weighted by Gasteiger charge is 2.14. The van der Waals surface area contributed by atoms with E-state index in [0.717, 1.165) is 13.0 Å². The zero-order valence-electron chi connectivity index (χ0n) is 10.3. The van der Waals surface area contributed by atoms with Crippen molar-refractivity contribution in [3.05, 3.63) is 0 Å². The summed E-state index contributed by atoms with van der Waals surface area (Å²) in [6, 6.07) is -0.469. The third kappa shape index (κ3) is 8.39. The molecule has 0 aromatic rings. The lowest BCUT2D eigenvalue weighted by Gasteiger charge is -2.14. The lowest BCUT2D eigenvalue weighted by atomic mass is 10.1. The predicted octanol–water partition coefficient (Wildman–Crippen LogP) is 0.855. The van der Waals surface area contributed by atoms with Crippen LogP contribution < -0.4 is 5.73 Å². The normalized spacial score (nSPS) is 13.3. The third-order valence-corrected chi connectivity index (χ3v) is 1.98. The van der Waals surface area contributed by atoms with E-state index in [1.54, 1.807) is 0 Å². The van der Waals surface area contributed by atoms with Crippen LogP contribution in [0.2, 0.25) is 0 Å². The van der Waals surface area contributed by atoms with Crippen LogP contribution in [0.15, 0.2) is 0 Å². The highest BCUT2D eigenvalue weighted by atomic mass is 16.5. The second-order valence-electron chi connectivity index (χ2n) is 4.58. The highest BCUT2D eigenvalue weighted by Crippen LogP contribution is 2.00. The molecule has 0 fully saturated rings. The molecule has 15 heavy (non-hydrogen) atoms. The summed E-state index contributed by atoms with van der Waals surface area (Å²) >= 11 is 0. The van der Waals surface area contributed by atoms with E-state index in [-0.39, 0.29) is 5.97 Å². The quantitative estimate of drug-likeness (QED) is 0.641. The molecular formula is C11H24N2O2. The van der Waals surface area contributed by atoms with Crippen LogP contribution in [0.4, 0.5) is 0 Å². The summed E-state index contributed by atoms with van der Waals surface area (Å²) in [6.45, 7) is 5.42. The molecule has 0 aliphatic heterocycles. The molecule has 4 heteroatoms. The summed E-state index contributed by atoms with van der Waals surface area (Å²) < 4.78 is 5.05. The number of carbonyl (C=O) groups is 1. The van der Waals surface area contributed by atoms with Crippen molar-refractivity contribution in [2.24, 2.45) is 11.7 Å². The van der Waals surface area contributed by atoms with Crippen LogP contribution in [0.5, 0.6) is 0 Å². The van der Waals surface area contributed by atoms with E-state index in [4.69, 9.17) is 10.5 Å². The fourth-order valence-corrected chi connectivity index (χ4v) is 1.10. The van der Waals surface area contributed by atoms with Crippen LogP contribution in [0.1, 0.15) is 26.7 Å². The van der Waals surface area contributed by atoms with Gasteiger partial charge in [0, 0.05) is 0 Å². The van der Waals surface area contributed by atoms with Crippen molar-refractivity contribution < 1.29 is 9.53 Å². The Morgan fingerprint density at radius 3 is 2.47 bits per heavy atom. The fraction of sp³-hybridized carbons (Fsp3) is 0.909. The smallest absolute Gasteiger partial charge is 0.322 e. The van der Waals surface area contributed by atoms with Crippen molar-refractivity contribution in [1.29, 1.82) is 0 Å². The molecule has 0 saturated heterocycles. The molecule has 0 saturated carbocycles. The van der Waals surface area contributed by atoms with E-state index in [2.05, 4.69) is 4.90 Å². The standard InChI is InChI=1S/C11H24N2O2/c1-9(2)8-15-11(14)10(12)6-5-7-13(3)4/h9-10H,5-8,12H2,1-4H3. The van der Waals surface area contributed by atoms with Crippen LogP contribution in [-0.4, -0.2) is 44.2 Å². The Bertz CT molecular complexity index is 181. The molecule has 90 valence electrons. The Labute approximate surface area is 92.8 Å². The number of nitrogens with two attached hydrogens (primary N) is 1. The summed E-state index contributed by atoms with van der Waals surface area (Å²) in [4.78, 5) is 13.4. The summed E-state index contributed by atoms with van der Waals surface area (Å²) in [5, 5.41) is 0. The van der Waals surface area contributed by atoms with Crippen molar-refractivity contribution in [3.63, 3.8) is 0 Å². The number of hydrogen-bond acceptors (Lipinski definition) is 4. The first-order valence-corrected chi connectivity index (χ1v) is 5.50. The number of nitrogens with zero attached hydrogens (tertiary/aromatic N) is 1. The van der Waals surface area contributed by atoms with Gasteiger partial charge in [-0.15, -0.1) is 0 Å². The maximum absolute atomic E-state index is 11.4. The first kappa shape index (κ1) is 14.4. The molecule has 1 unspecified atom stereocenters. The van der Waals surface area contributed by atoms with Gasteiger partial charge in [-0.25, -0.2) is 0 Å². The first-order chi connectivity index (χ1) is 6.93. The maximum atomic E-state index is 11.4. The Balaban J connectivity index is 3.60. The number of hydrogen-bond donors (Lipinski definition) is 1. The Kier molecular flexibility index (Phi) is 7.34. The summed E-state index contributed by atoms with van der Waals surface area (Å²) in [5.74, 6) is 0.0883. The van der Waals surface area contributed by atoms with Gasteiger partial charge in [0.25, 0.3) is 0 Å². The Morgan fingerprint density at radius 2 is 2.00 bits per heavy atom. The first-order valence-electron chi connectivity index (χ1n) is 5.50. The van der Waals surface area contributed by atoms with Crippen LogP contribution in [0.25, 0.3) is 0 Å². The topological polar surface area (TPSA) is 55.6 Å². The zero-order chi connectivity index (χ0) is 11.8. The van der Waals surface area contributed by atoms with E-state index in [1.165, 1.54) is 0 Å². The van der Waals surface area contributed by atoms with Crippen LogP contribution in [0, 0.1) is 5.92 Å². The molecule has 1 atom stereocenters. The van der Waals surface area contributed by atoms with Gasteiger partial charge in [0.2, 0.25) is 0 Å². The molecule has 0 aliphatic rings. The van der Waals surface area contributed by atoms with Gasteiger partial charge in [0.05, 0.1) is 6.61 Å². The minimum absolute atomic E-state index is 0.276. The number of ether oxygens (including phenoxy) is 1. The molecular weight excluding hydrogens is 192 g/mol. The summed E-state index contributed by atoms with van der Waals surface area (Å²) in [6.07, 6.45) is 1.61. The van der Waals surface area contributed by atoms with Gasteiger partial charge < -0.3 is 15.4 Å². The number of carbonyl (C=O) groups excluding carboxylic acids is 1. The van der Waals surface area contributed by atoms with Gasteiger partial charge in [0.1, 0.15) is 6.04 Å². The monoisotopic (exact) mass is 216 g/mol. The summed E-state index contributed by atoms with van der Waals surface area (Å²) in [7, 11) is 4.01. The molecule has 4 nitrogen and oxygen atoms in total. The van der Waals surface area contributed by atoms with E-state index in [1.807, 2.05) is 27.9 Å². The van der Waals surface area contributed by atoms with Gasteiger partial charge >= 0.3 is 5.97 Å². The molecule has 0 bridgehead atoms. The van der Waals surface area contributed by atoms with E-state index in [9.17, 15) is 4.79 Å². The molecule has 0 heterocycles. The van der Waals surface area contributed by atoms with E-state index in [0.29, 0.717) is 18.9 Å².